The molecular formula is C18H22F2N2O4. The maximum Gasteiger partial charge on any atom is 0.306 e. The van der Waals surface area contributed by atoms with Crippen molar-refractivity contribution in [2.45, 2.75) is 25.7 Å². The van der Waals surface area contributed by atoms with Crippen LogP contribution in [0.25, 0.3) is 0 Å². The van der Waals surface area contributed by atoms with Crippen LogP contribution < -0.4 is 0 Å². The van der Waals surface area contributed by atoms with Gasteiger partial charge in [0.25, 0.3) is 0 Å². The zero-order valence-electron chi connectivity index (χ0n) is 14.6. The maximum atomic E-state index is 13.6. The molecular weight excluding hydrogens is 346 g/mol. The van der Waals surface area contributed by atoms with Crippen LogP contribution in [0.2, 0.25) is 0 Å². The van der Waals surface area contributed by atoms with Gasteiger partial charge in [0.1, 0.15) is 0 Å². The predicted molar refractivity (Wildman–Crippen MR) is 89.3 cm³/mol. The van der Waals surface area contributed by atoms with Crippen molar-refractivity contribution >= 4 is 17.8 Å². The number of carboxylic acid groups (broad SMARTS) is 1. The molecule has 8 heteroatoms. The molecule has 1 N–H and O–H groups in total. The summed E-state index contributed by atoms with van der Waals surface area (Å²) < 4.78 is 26.8. The lowest BCUT2D eigenvalue weighted by atomic mass is 9.97. The van der Waals surface area contributed by atoms with E-state index >= 15 is 0 Å². The SMILES string of the molecule is CN(CC(=O)N1CCC(C(=O)O)CC1)C(=O)CCc1cccc(F)c1F. The number of amides is 2. The zero-order valence-corrected chi connectivity index (χ0v) is 14.6. The van der Waals surface area contributed by atoms with Gasteiger partial charge in [0.2, 0.25) is 11.8 Å². The molecule has 0 saturated carbocycles. The average Bonchev–Trinajstić information content (AvgIpc) is 2.62. The first kappa shape index (κ1) is 19.8. The summed E-state index contributed by atoms with van der Waals surface area (Å²) in [6, 6.07) is 3.81. The first-order valence-electron chi connectivity index (χ1n) is 8.47. The molecule has 1 aliphatic heterocycles. The molecule has 26 heavy (non-hydrogen) atoms. The van der Waals surface area contributed by atoms with Crippen molar-refractivity contribution in [1.29, 1.82) is 0 Å². The molecule has 0 unspecified atom stereocenters. The van der Waals surface area contributed by atoms with Crippen LogP contribution in [0.15, 0.2) is 18.2 Å². The summed E-state index contributed by atoms with van der Waals surface area (Å²) >= 11 is 0. The normalized spacial score (nSPS) is 15.0. The number of benzene rings is 1. The number of carbonyl (C=O) groups is 3. The predicted octanol–water partition coefficient (Wildman–Crippen LogP) is 1.68. The molecule has 1 heterocycles. The van der Waals surface area contributed by atoms with Gasteiger partial charge in [-0.25, -0.2) is 8.78 Å². The van der Waals surface area contributed by atoms with Crippen LogP contribution >= 0.6 is 0 Å². The van der Waals surface area contributed by atoms with Crippen LogP contribution in [-0.2, 0) is 20.8 Å². The molecule has 0 aromatic heterocycles. The van der Waals surface area contributed by atoms with E-state index in [2.05, 4.69) is 0 Å². The second kappa shape index (κ2) is 8.73. The van der Waals surface area contributed by atoms with Crippen LogP contribution in [0.3, 0.4) is 0 Å². The fourth-order valence-electron chi connectivity index (χ4n) is 2.94. The molecule has 0 radical (unpaired) electrons. The molecule has 1 aromatic rings. The third kappa shape index (κ3) is 5.00. The number of aliphatic carboxylic acids is 1. The molecule has 1 fully saturated rings. The number of hydrogen-bond donors (Lipinski definition) is 1. The lowest BCUT2D eigenvalue weighted by Gasteiger charge is -2.31. The largest absolute Gasteiger partial charge is 0.481 e. The van der Waals surface area contributed by atoms with Gasteiger partial charge in [-0.1, -0.05) is 12.1 Å². The summed E-state index contributed by atoms with van der Waals surface area (Å²) in [5.41, 5.74) is 0.119. The number of halogens is 2. The number of likely N-dealkylation sites (N-methyl/N-ethyl adjacent to an activating group) is 1. The highest BCUT2D eigenvalue weighted by Gasteiger charge is 2.27. The van der Waals surface area contributed by atoms with E-state index in [1.165, 1.54) is 24.1 Å². The quantitative estimate of drug-likeness (QED) is 0.829. The zero-order chi connectivity index (χ0) is 19.3. The van der Waals surface area contributed by atoms with E-state index in [1.54, 1.807) is 4.90 Å². The van der Waals surface area contributed by atoms with Gasteiger partial charge in [-0.15, -0.1) is 0 Å². The van der Waals surface area contributed by atoms with Gasteiger partial charge in [-0.05, 0) is 30.9 Å². The highest BCUT2D eigenvalue weighted by Crippen LogP contribution is 2.18. The standard InChI is InChI=1S/C18H22F2N2O4/c1-21(11-16(24)22-9-7-13(8-10-22)18(25)26)15(23)6-5-12-3-2-4-14(19)17(12)20/h2-4,13H,5-11H2,1H3,(H,25,26). The van der Waals surface area contributed by atoms with Crippen molar-refractivity contribution in [3.8, 4) is 0 Å². The number of carbonyl (C=O) groups excluding carboxylic acids is 2. The van der Waals surface area contributed by atoms with Crippen molar-refractivity contribution in [2.24, 2.45) is 5.92 Å². The van der Waals surface area contributed by atoms with Gasteiger partial charge in [-0.2, -0.15) is 0 Å². The van der Waals surface area contributed by atoms with E-state index in [0.717, 1.165) is 6.07 Å². The number of carboxylic acids is 1. The Hall–Kier alpha value is -2.51. The lowest BCUT2D eigenvalue weighted by molar-refractivity contribution is -0.146. The molecule has 1 aromatic carbocycles. The van der Waals surface area contributed by atoms with Crippen LogP contribution in [0.1, 0.15) is 24.8 Å². The average molecular weight is 368 g/mol. The molecule has 0 bridgehead atoms. The van der Waals surface area contributed by atoms with E-state index in [1.807, 2.05) is 0 Å². The van der Waals surface area contributed by atoms with E-state index in [-0.39, 0.29) is 36.8 Å². The molecule has 6 nitrogen and oxygen atoms in total. The minimum Gasteiger partial charge on any atom is -0.481 e. The second-order valence-corrected chi connectivity index (χ2v) is 6.46. The second-order valence-electron chi connectivity index (χ2n) is 6.46. The first-order chi connectivity index (χ1) is 12.3. The van der Waals surface area contributed by atoms with E-state index in [9.17, 15) is 23.2 Å². The number of hydrogen-bond acceptors (Lipinski definition) is 3. The smallest absolute Gasteiger partial charge is 0.306 e. The van der Waals surface area contributed by atoms with Gasteiger partial charge >= 0.3 is 5.97 Å². The molecule has 142 valence electrons. The van der Waals surface area contributed by atoms with Crippen molar-refractivity contribution in [3.63, 3.8) is 0 Å². The summed E-state index contributed by atoms with van der Waals surface area (Å²) in [5, 5.41) is 8.96. The maximum absolute atomic E-state index is 13.6. The Kier molecular flexibility index (Phi) is 6.65. The molecule has 2 amide bonds. The van der Waals surface area contributed by atoms with E-state index in [0.29, 0.717) is 25.9 Å². The molecule has 2 rings (SSSR count). The number of nitrogens with zero attached hydrogens (tertiary/aromatic N) is 2. The number of likely N-dealkylation sites (tertiary alicyclic amines) is 1. The summed E-state index contributed by atoms with van der Waals surface area (Å²) in [5.74, 6) is -3.79. The minimum absolute atomic E-state index is 0.0365. The fourth-order valence-corrected chi connectivity index (χ4v) is 2.94. The first-order valence-corrected chi connectivity index (χ1v) is 8.47. The summed E-state index contributed by atoms with van der Waals surface area (Å²) in [6.07, 6.45) is 0.811. The van der Waals surface area contributed by atoms with Crippen molar-refractivity contribution in [3.05, 3.63) is 35.4 Å². The van der Waals surface area contributed by atoms with Gasteiger partial charge in [-0.3, -0.25) is 14.4 Å². The van der Waals surface area contributed by atoms with Gasteiger partial charge in [0, 0.05) is 26.6 Å². The van der Waals surface area contributed by atoms with Gasteiger partial charge in [0.15, 0.2) is 11.6 Å². The van der Waals surface area contributed by atoms with Crippen LogP contribution in [-0.4, -0.2) is 59.4 Å². The highest BCUT2D eigenvalue weighted by molar-refractivity contribution is 5.85. The molecule has 0 spiro atoms. The van der Waals surface area contributed by atoms with E-state index < -0.39 is 23.5 Å². The Bertz CT molecular complexity index is 688. The lowest BCUT2D eigenvalue weighted by Crippen LogP contribution is -2.45. The Labute approximate surface area is 150 Å². The van der Waals surface area contributed by atoms with Crippen LogP contribution in [0.5, 0.6) is 0 Å². The Morgan fingerprint density at radius 3 is 2.50 bits per heavy atom. The highest BCUT2D eigenvalue weighted by atomic mass is 19.2. The Balaban J connectivity index is 1.80. The topological polar surface area (TPSA) is 77.9 Å². The number of piperidine rings is 1. The van der Waals surface area contributed by atoms with Gasteiger partial charge in [0.05, 0.1) is 12.5 Å². The summed E-state index contributed by atoms with van der Waals surface area (Å²) in [6.45, 7) is 0.584. The fraction of sp³-hybridized carbons (Fsp3) is 0.500. The minimum atomic E-state index is -0.958. The number of rotatable bonds is 6. The molecule has 0 atom stereocenters. The van der Waals surface area contributed by atoms with Gasteiger partial charge < -0.3 is 14.9 Å². The Morgan fingerprint density at radius 2 is 1.88 bits per heavy atom. The van der Waals surface area contributed by atoms with Crippen molar-refractivity contribution < 1.29 is 28.3 Å². The van der Waals surface area contributed by atoms with E-state index in [4.69, 9.17) is 5.11 Å². The monoisotopic (exact) mass is 368 g/mol. The third-order valence-corrected chi connectivity index (χ3v) is 4.63. The van der Waals surface area contributed by atoms with Crippen LogP contribution in [0, 0.1) is 17.6 Å². The van der Waals surface area contributed by atoms with Crippen molar-refractivity contribution in [1.82, 2.24) is 9.80 Å². The van der Waals surface area contributed by atoms with Crippen LogP contribution in [0.4, 0.5) is 8.78 Å². The number of aryl methyl sites for hydroxylation is 1. The molecule has 0 aliphatic carbocycles. The van der Waals surface area contributed by atoms with Crippen molar-refractivity contribution in [2.75, 3.05) is 26.7 Å². The third-order valence-electron chi connectivity index (χ3n) is 4.63. The molecule has 1 saturated heterocycles. The Morgan fingerprint density at radius 1 is 1.23 bits per heavy atom. The molecule has 1 aliphatic rings. The summed E-state index contributed by atoms with van der Waals surface area (Å²) in [4.78, 5) is 38.1. The summed E-state index contributed by atoms with van der Waals surface area (Å²) in [7, 11) is 1.48.